The van der Waals surface area contributed by atoms with E-state index < -0.39 is 10.1 Å². The van der Waals surface area contributed by atoms with E-state index in [1.807, 2.05) is 6.07 Å². The molecule has 0 amide bonds. The Bertz CT molecular complexity index is 521. The molecule has 0 aliphatic rings. The van der Waals surface area contributed by atoms with Gasteiger partial charge >= 0.3 is 80.9 Å². The monoisotopic (exact) mass is 390 g/mol. The average molecular weight is 391 g/mol. The molecular formula is C18H32KNaO3S. The van der Waals surface area contributed by atoms with Gasteiger partial charge in [0.1, 0.15) is 0 Å². The second-order valence-corrected chi connectivity index (χ2v) is 7.40. The third kappa shape index (κ3) is 13.0. The second kappa shape index (κ2) is 16.9. The Balaban J connectivity index is 0. The fourth-order valence-corrected chi connectivity index (χ4v) is 3.52. The van der Waals surface area contributed by atoms with Gasteiger partial charge in [-0.25, -0.2) is 0 Å². The van der Waals surface area contributed by atoms with Crippen LogP contribution in [0.5, 0.6) is 0 Å². The van der Waals surface area contributed by atoms with Crippen molar-refractivity contribution in [2.75, 3.05) is 0 Å². The van der Waals surface area contributed by atoms with E-state index in [0.29, 0.717) is 6.42 Å². The third-order valence-electron chi connectivity index (χ3n) is 4.05. The first-order valence-corrected chi connectivity index (χ1v) is 10.0. The molecular weight excluding hydrogens is 358 g/mol. The Morgan fingerprint density at radius 1 is 0.833 bits per heavy atom. The summed E-state index contributed by atoms with van der Waals surface area (Å²) in [5, 5.41) is 0. The van der Waals surface area contributed by atoms with Crippen LogP contribution in [0.3, 0.4) is 0 Å². The molecule has 0 aliphatic carbocycles. The van der Waals surface area contributed by atoms with E-state index in [2.05, 4.69) is 6.92 Å². The summed E-state index contributed by atoms with van der Waals surface area (Å²) in [6, 6.07) is 6.73. The summed E-state index contributed by atoms with van der Waals surface area (Å²) in [5.74, 6) is 0. The first-order valence-electron chi connectivity index (χ1n) is 8.61. The van der Waals surface area contributed by atoms with Crippen molar-refractivity contribution in [3.05, 3.63) is 29.8 Å². The normalized spacial score (nSPS) is 10.8. The minimum atomic E-state index is -4.10. The summed E-state index contributed by atoms with van der Waals surface area (Å²) in [5.41, 5.74) is 0.726. The summed E-state index contributed by atoms with van der Waals surface area (Å²) in [6.07, 6.45) is 13.3. The van der Waals surface area contributed by atoms with E-state index in [-0.39, 0.29) is 85.8 Å². The standard InChI is InChI=1S/C18H30O3S.K.Na.2H/c1-2-3-4-5-6-7-8-9-10-11-14-17-15-12-13-16-18(17)22(19,20)21;;;;/h12-13,15-16H,2-11,14H2,1H3,(H,19,20,21);;;;. The van der Waals surface area contributed by atoms with Gasteiger partial charge < -0.3 is 0 Å². The summed E-state index contributed by atoms with van der Waals surface area (Å²) >= 11 is 0. The molecule has 1 aromatic carbocycles. The molecule has 0 radical (unpaired) electrons. The van der Waals surface area contributed by atoms with Gasteiger partial charge in [0.05, 0.1) is 4.90 Å². The van der Waals surface area contributed by atoms with Gasteiger partial charge in [-0.2, -0.15) is 8.42 Å². The Morgan fingerprint density at radius 3 is 1.79 bits per heavy atom. The van der Waals surface area contributed by atoms with Crippen LogP contribution in [0.2, 0.25) is 0 Å². The molecule has 0 heterocycles. The van der Waals surface area contributed by atoms with Gasteiger partial charge in [-0.15, -0.1) is 0 Å². The summed E-state index contributed by atoms with van der Waals surface area (Å²) in [4.78, 5) is 0.0610. The Labute approximate surface area is 213 Å². The molecule has 130 valence electrons. The number of unbranched alkanes of at least 4 members (excludes halogenated alkanes) is 9. The zero-order valence-electron chi connectivity index (χ0n) is 13.8. The second-order valence-electron chi connectivity index (χ2n) is 6.01. The Hall–Kier alpha value is 1.77. The van der Waals surface area contributed by atoms with E-state index in [1.165, 1.54) is 57.4 Å². The van der Waals surface area contributed by atoms with Crippen LogP contribution in [0, 0.1) is 0 Å². The molecule has 0 unspecified atom stereocenters. The molecule has 0 bridgehead atoms. The summed E-state index contributed by atoms with van der Waals surface area (Å²) in [6.45, 7) is 2.24. The number of rotatable bonds is 12. The number of hydrogen-bond donors (Lipinski definition) is 1. The Morgan fingerprint density at radius 2 is 1.29 bits per heavy atom. The van der Waals surface area contributed by atoms with E-state index in [0.717, 1.165) is 18.4 Å². The molecule has 0 saturated carbocycles. The predicted molar refractivity (Wildman–Crippen MR) is 106 cm³/mol. The van der Waals surface area contributed by atoms with Crippen LogP contribution in [0.1, 0.15) is 76.7 Å². The fraction of sp³-hybridized carbons (Fsp3) is 0.667. The fourth-order valence-electron chi connectivity index (χ4n) is 2.76. The van der Waals surface area contributed by atoms with Gasteiger partial charge in [0, 0.05) is 0 Å². The average Bonchev–Trinajstić information content (AvgIpc) is 2.48. The summed E-state index contributed by atoms with van der Waals surface area (Å²) < 4.78 is 31.8. The topological polar surface area (TPSA) is 54.4 Å². The van der Waals surface area contributed by atoms with Crippen molar-refractivity contribution < 1.29 is 13.0 Å². The molecule has 1 rings (SSSR count). The number of hydrogen-bond acceptors (Lipinski definition) is 2. The van der Waals surface area contributed by atoms with E-state index in [1.54, 1.807) is 12.1 Å². The van der Waals surface area contributed by atoms with Crippen molar-refractivity contribution >= 4 is 91.1 Å². The van der Waals surface area contributed by atoms with E-state index in [4.69, 9.17) is 0 Å². The van der Waals surface area contributed by atoms with Crippen molar-refractivity contribution in [2.45, 2.75) is 82.4 Å². The van der Waals surface area contributed by atoms with Gasteiger partial charge in [0.15, 0.2) is 0 Å². The zero-order chi connectivity index (χ0) is 16.3. The van der Waals surface area contributed by atoms with Crippen LogP contribution in [-0.4, -0.2) is 93.9 Å². The van der Waals surface area contributed by atoms with Crippen LogP contribution in [0.15, 0.2) is 29.2 Å². The van der Waals surface area contributed by atoms with Crippen molar-refractivity contribution in [1.29, 1.82) is 0 Å². The number of aryl methyl sites for hydroxylation is 1. The molecule has 1 N–H and O–H groups in total. The number of benzene rings is 1. The molecule has 0 saturated heterocycles. The molecule has 0 atom stereocenters. The van der Waals surface area contributed by atoms with Crippen LogP contribution >= 0.6 is 0 Å². The van der Waals surface area contributed by atoms with Gasteiger partial charge in [-0.05, 0) is 24.5 Å². The van der Waals surface area contributed by atoms with Crippen LogP contribution in [0.4, 0.5) is 0 Å². The van der Waals surface area contributed by atoms with Crippen molar-refractivity contribution in [2.24, 2.45) is 0 Å². The van der Waals surface area contributed by atoms with Crippen molar-refractivity contribution in [3.63, 3.8) is 0 Å². The minimum absolute atomic E-state index is 0. The van der Waals surface area contributed by atoms with E-state index in [9.17, 15) is 13.0 Å². The summed E-state index contributed by atoms with van der Waals surface area (Å²) in [7, 11) is -4.10. The van der Waals surface area contributed by atoms with Gasteiger partial charge in [0.2, 0.25) is 0 Å². The molecule has 0 aliphatic heterocycles. The Kier molecular flexibility index (Phi) is 19.7. The van der Waals surface area contributed by atoms with Crippen LogP contribution in [0.25, 0.3) is 0 Å². The molecule has 6 heteroatoms. The van der Waals surface area contributed by atoms with Gasteiger partial charge in [-0.3, -0.25) is 4.55 Å². The first kappa shape index (κ1) is 28.0. The third-order valence-corrected chi connectivity index (χ3v) is 5.00. The maximum absolute atomic E-state index is 11.3. The maximum atomic E-state index is 11.3. The van der Waals surface area contributed by atoms with E-state index >= 15 is 0 Å². The molecule has 0 fully saturated rings. The SMILES string of the molecule is CCCCCCCCCCCCc1ccccc1S(=O)(=O)O.[KH].[NaH]. The van der Waals surface area contributed by atoms with Crippen molar-refractivity contribution in [1.82, 2.24) is 0 Å². The quantitative estimate of drug-likeness (QED) is 0.332. The van der Waals surface area contributed by atoms with Gasteiger partial charge in [-0.1, -0.05) is 82.9 Å². The van der Waals surface area contributed by atoms with Crippen LogP contribution < -0.4 is 0 Å². The molecule has 0 aromatic heterocycles. The molecule has 24 heavy (non-hydrogen) atoms. The zero-order valence-corrected chi connectivity index (χ0v) is 14.6. The van der Waals surface area contributed by atoms with Crippen molar-refractivity contribution in [3.8, 4) is 0 Å². The first-order chi connectivity index (χ1) is 10.6. The molecule has 0 spiro atoms. The van der Waals surface area contributed by atoms with Gasteiger partial charge in [0.25, 0.3) is 10.1 Å². The van der Waals surface area contributed by atoms with Crippen LogP contribution in [-0.2, 0) is 16.5 Å². The molecule has 3 nitrogen and oxygen atoms in total. The predicted octanol–water partition coefficient (Wildman–Crippen LogP) is 4.10. The molecule has 1 aromatic rings.